The van der Waals surface area contributed by atoms with Gasteiger partial charge in [-0.15, -0.1) is 0 Å². The average Bonchev–Trinajstić information content (AvgIpc) is 2.02. The lowest BCUT2D eigenvalue weighted by molar-refractivity contribution is 0.0817. The van der Waals surface area contributed by atoms with E-state index in [-0.39, 0.29) is 0 Å². The predicted octanol–water partition coefficient (Wildman–Crippen LogP) is 3.69. The number of hydrogen-bond donors (Lipinski definition) is 0. The Balaban J connectivity index is 0.000000293. The smallest absolute Gasteiger partial charge is 0.00953 e. The molecule has 1 saturated carbocycles. The predicted molar refractivity (Wildman–Crippen MR) is 63.6 cm³/mol. The molecule has 1 saturated heterocycles. The summed E-state index contributed by atoms with van der Waals surface area (Å²) in [5, 5.41) is 0. The number of piperidine rings is 1. The van der Waals surface area contributed by atoms with E-state index in [1.807, 2.05) is 0 Å². The van der Waals surface area contributed by atoms with Crippen molar-refractivity contribution >= 4 is 0 Å². The summed E-state index contributed by atoms with van der Waals surface area (Å²) in [6.07, 6.45) is 8.59. The van der Waals surface area contributed by atoms with Crippen LogP contribution in [-0.4, -0.2) is 24.0 Å². The molecule has 2 rings (SSSR count). The minimum Gasteiger partial charge on any atom is -0.300 e. The average molecular weight is 197 g/mol. The second-order valence-corrected chi connectivity index (χ2v) is 5.03. The highest BCUT2D eigenvalue weighted by atomic mass is 15.2. The molecule has 2 aliphatic rings. The van der Waals surface area contributed by atoms with E-state index in [9.17, 15) is 0 Å². The van der Waals surface area contributed by atoms with Crippen LogP contribution in [0.1, 0.15) is 59.3 Å². The highest BCUT2D eigenvalue weighted by Crippen LogP contribution is 2.28. The molecule has 84 valence electrons. The van der Waals surface area contributed by atoms with Crippen LogP contribution in [0.2, 0.25) is 0 Å². The molecule has 0 spiro atoms. The largest absolute Gasteiger partial charge is 0.300 e. The van der Waals surface area contributed by atoms with Crippen molar-refractivity contribution in [2.24, 2.45) is 5.92 Å². The van der Waals surface area contributed by atoms with Crippen LogP contribution in [0.5, 0.6) is 0 Å². The standard InChI is InChI=1S/C10H19N.C3H8/c1-9-4-3-7-11(8-9)10-5-2-6-10;1-3-2/h9-10H,2-8H2,1H3;3H2,1-2H3. The van der Waals surface area contributed by atoms with E-state index in [1.54, 1.807) is 0 Å². The van der Waals surface area contributed by atoms with Crippen molar-refractivity contribution < 1.29 is 0 Å². The third-order valence-electron chi connectivity index (χ3n) is 3.28. The van der Waals surface area contributed by atoms with Gasteiger partial charge in [0.05, 0.1) is 0 Å². The summed E-state index contributed by atoms with van der Waals surface area (Å²) >= 11 is 0. The Bertz CT molecular complexity index is 140. The van der Waals surface area contributed by atoms with E-state index < -0.39 is 0 Å². The zero-order valence-corrected chi connectivity index (χ0v) is 10.3. The lowest BCUT2D eigenvalue weighted by atomic mass is 9.88. The molecule has 1 unspecified atom stereocenters. The molecule has 1 nitrogen and oxygen atoms in total. The van der Waals surface area contributed by atoms with Crippen molar-refractivity contribution in [1.29, 1.82) is 0 Å². The van der Waals surface area contributed by atoms with Crippen molar-refractivity contribution in [3.8, 4) is 0 Å². The van der Waals surface area contributed by atoms with Crippen LogP contribution in [0.3, 0.4) is 0 Å². The van der Waals surface area contributed by atoms with Gasteiger partial charge in [-0.05, 0) is 38.1 Å². The van der Waals surface area contributed by atoms with Crippen LogP contribution in [-0.2, 0) is 0 Å². The number of likely N-dealkylation sites (tertiary alicyclic amines) is 1. The van der Waals surface area contributed by atoms with Crippen molar-refractivity contribution in [1.82, 2.24) is 4.90 Å². The van der Waals surface area contributed by atoms with Crippen molar-refractivity contribution in [2.45, 2.75) is 65.3 Å². The third kappa shape index (κ3) is 3.61. The monoisotopic (exact) mass is 197 g/mol. The van der Waals surface area contributed by atoms with Crippen LogP contribution in [0.25, 0.3) is 0 Å². The molecule has 1 aliphatic heterocycles. The first-order chi connectivity index (χ1) is 6.77. The summed E-state index contributed by atoms with van der Waals surface area (Å²) in [5.74, 6) is 0.962. The van der Waals surface area contributed by atoms with Gasteiger partial charge in [0, 0.05) is 12.6 Å². The Morgan fingerprint density at radius 2 is 1.71 bits per heavy atom. The van der Waals surface area contributed by atoms with Crippen molar-refractivity contribution in [3.05, 3.63) is 0 Å². The van der Waals surface area contributed by atoms with Crippen LogP contribution >= 0.6 is 0 Å². The fourth-order valence-electron chi connectivity index (χ4n) is 2.31. The molecular weight excluding hydrogens is 170 g/mol. The molecule has 1 heteroatoms. The molecular formula is C13H27N. The second kappa shape index (κ2) is 6.44. The molecule has 1 atom stereocenters. The van der Waals surface area contributed by atoms with E-state index in [0.717, 1.165) is 12.0 Å². The van der Waals surface area contributed by atoms with Crippen molar-refractivity contribution in [3.63, 3.8) is 0 Å². The molecule has 2 fully saturated rings. The Kier molecular flexibility index (Phi) is 5.54. The fourth-order valence-corrected chi connectivity index (χ4v) is 2.31. The topological polar surface area (TPSA) is 3.24 Å². The fraction of sp³-hybridized carbons (Fsp3) is 1.00. The summed E-state index contributed by atoms with van der Waals surface area (Å²) in [6, 6.07) is 0.984. The molecule has 1 heterocycles. The summed E-state index contributed by atoms with van der Waals surface area (Å²) < 4.78 is 0. The van der Waals surface area contributed by atoms with Gasteiger partial charge in [0.25, 0.3) is 0 Å². The lowest BCUT2D eigenvalue weighted by Gasteiger charge is -2.41. The van der Waals surface area contributed by atoms with Crippen molar-refractivity contribution in [2.75, 3.05) is 13.1 Å². The summed E-state index contributed by atoms with van der Waals surface area (Å²) in [6.45, 7) is 9.41. The van der Waals surface area contributed by atoms with Crippen LogP contribution in [0.4, 0.5) is 0 Å². The van der Waals surface area contributed by atoms with Gasteiger partial charge in [0.1, 0.15) is 0 Å². The van der Waals surface area contributed by atoms with E-state index in [1.165, 1.54) is 51.6 Å². The van der Waals surface area contributed by atoms with Gasteiger partial charge < -0.3 is 4.90 Å². The van der Waals surface area contributed by atoms with Gasteiger partial charge in [-0.1, -0.05) is 33.6 Å². The second-order valence-electron chi connectivity index (χ2n) is 5.03. The number of nitrogens with zero attached hydrogens (tertiary/aromatic N) is 1. The first kappa shape index (κ1) is 12.0. The van der Waals surface area contributed by atoms with Gasteiger partial charge in [-0.3, -0.25) is 0 Å². The van der Waals surface area contributed by atoms with Gasteiger partial charge in [0.15, 0.2) is 0 Å². The molecule has 0 aromatic rings. The van der Waals surface area contributed by atoms with Gasteiger partial charge >= 0.3 is 0 Å². The SMILES string of the molecule is CC1CCCN(C2CCC2)C1.CCC. The highest BCUT2D eigenvalue weighted by molar-refractivity contribution is 4.83. The minimum atomic E-state index is 0.962. The number of rotatable bonds is 1. The molecule has 0 amide bonds. The maximum atomic E-state index is 2.72. The molecule has 14 heavy (non-hydrogen) atoms. The maximum absolute atomic E-state index is 2.72. The summed E-state index contributed by atoms with van der Waals surface area (Å²) in [7, 11) is 0. The normalized spacial score (nSPS) is 28.9. The van der Waals surface area contributed by atoms with Crippen LogP contribution in [0, 0.1) is 5.92 Å². The molecule has 1 aliphatic carbocycles. The van der Waals surface area contributed by atoms with Gasteiger partial charge in [-0.2, -0.15) is 0 Å². The molecule has 0 aromatic heterocycles. The maximum Gasteiger partial charge on any atom is 0.00953 e. The quantitative estimate of drug-likeness (QED) is 0.620. The Labute approximate surface area is 89.9 Å². The van der Waals surface area contributed by atoms with E-state index in [2.05, 4.69) is 25.7 Å². The highest BCUT2D eigenvalue weighted by Gasteiger charge is 2.27. The van der Waals surface area contributed by atoms with E-state index >= 15 is 0 Å². The lowest BCUT2D eigenvalue weighted by Crippen LogP contribution is -2.45. The zero-order valence-electron chi connectivity index (χ0n) is 10.3. The zero-order chi connectivity index (χ0) is 10.4. The van der Waals surface area contributed by atoms with E-state index in [4.69, 9.17) is 0 Å². The Morgan fingerprint density at radius 3 is 2.14 bits per heavy atom. The molecule has 0 N–H and O–H groups in total. The molecule has 0 bridgehead atoms. The van der Waals surface area contributed by atoms with E-state index in [0.29, 0.717) is 0 Å². The summed E-state index contributed by atoms with van der Waals surface area (Å²) in [5.41, 5.74) is 0. The van der Waals surface area contributed by atoms with Gasteiger partial charge in [-0.25, -0.2) is 0 Å². The summed E-state index contributed by atoms with van der Waals surface area (Å²) in [4.78, 5) is 2.72. The number of hydrogen-bond acceptors (Lipinski definition) is 1. The molecule has 0 aromatic carbocycles. The van der Waals surface area contributed by atoms with Crippen LogP contribution in [0.15, 0.2) is 0 Å². The molecule has 0 radical (unpaired) electrons. The Hall–Kier alpha value is -0.0400. The first-order valence-corrected chi connectivity index (χ1v) is 6.52. The minimum absolute atomic E-state index is 0.962. The van der Waals surface area contributed by atoms with Crippen LogP contribution < -0.4 is 0 Å². The first-order valence-electron chi connectivity index (χ1n) is 6.52. The third-order valence-corrected chi connectivity index (χ3v) is 3.28. The van der Waals surface area contributed by atoms with Gasteiger partial charge in [0.2, 0.25) is 0 Å². The Morgan fingerprint density at radius 1 is 1.07 bits per heavy atom.